The summed E-state index contributed by atoms with van der Waals surface area (Å²) >= 11 is 5.93. The minimum absolute atomic E-state index is 0.102. The van der Waals surface area contributed by atoms with Crippen molar-refractivity contribution in [1.82, 2.24) is 4.98 Å². The Morgan fingerprint density at radius 2 is 1.83 bits per heavy atom. The highest BCUT2D eigenvalue weighted by atomic mass is 35.5. The molecule has 0 bridgehead atoms. The largest absolute Gasteiger partial charge is 0.256 e. The highest BCUT2D eigenvalue weighted by molar-refractivity contribution is 6.30. The van der Waals surface area contributed by atoms with E-state index in [9.17, 15) is 4.39 Å². The summed E-state index contributed by atoms with van der Waals surface area (Å²) < 4.78 is 13.7. The number of rotatable bonds is 1. The maximum Gasteiger partial charge on any atom is 0.124 e. The van der Waals surface area contributed by atoms with E-state index >= 15 is 0 Å². The van der Waals surface area contributed by atoms with Crippen LogP contribution >= 0.6 is 11.6 Å². The minimum Gasteiger partial charge on any atom is -0.256 e. The second-order valence-corrected chi connectivity index (χ2v) is 5.77. The molecule has 0 radical (unpaired) electrons. The Morgan fingerprint density at radius 3 is 2.44 bits per heavy atom. The van der Waals surface area contributed by atoms with Gasteiger partial charge in [0.1, 0.15) is 5.82 Å². The summed E-state index contributed by atoms with van der Waals surface area (Å²) in [5, 5.41) is 0.599. The van der Waals surface area contributed by atoms with E-state index < -0.39 is 0 Å². The van der Waals surface area contributed by atoms with Crippen molar-refractivity contribution in [1.29, 1.82) is 0 Å². The number of hydrogen-bond donors (Lipinski definition) is 0. The lowest BCUT2D eigenvalue weighted by Gasteiger charge is -2.20. The zero-order valence-corrected chi connectivity index (χ0v) is 11.4. The molecule has 18 heavy (non-hydrogen) atoms. The van der Waals surface area contributed by atoms with Gasteiger partial charge in [0.2, 0.25) is 0 Å². The molecule has 2 aromatic rings. The van der Waals surface area contributed by atoms with E-state index in [4.69, 9.17) is 11.6 Å². The lowest BCUT2D eigenvalue weighted by Crippen LogP contribution is -2.11. The molecule has 0 N–H and O–H groups in total. The summed E-state index contributed by atoms with van der Waals surface area (Å²) in [5.41, 5.74) is 2.28. The van der Waals surface area contributed by atoms with Crippen molar-refractivity contribution in [3.8, 4) is 11.3 Å². The molecule has 94 valence electrons. The minimum atomic E-state index is -0.251. The molecule has 0 spiro atoms. The lowest BCUT2D eigenvalue weighted by atomic mass is 9.86. The van der Waals surface area contributed by atoms with Gasteiger partial charge in [-0.1, -0.05) is 32.4 Å². The Balaban J connectivity index is 2.55. The van der Waals surface area contributed by atoms with E-state index in [0.29, 0.717) is 10.7 Å². The molecule has 3 heteroatoms. The Morgan fingerprint density at radius 1 is 1.11 bits per heavy atom. The Hall–Kier alpha value is -1.41. The van der Waals surface area contributed by atoms with Crippen LogP contribution in [0.3, 0.4) is 0 Å². The summed E-state index contributed by atoms with van der Waals surface area (Å²) in [7, 11) is 0. The van der Waals surface area contributed by atoms with Crippen molar-refractivity contribution in [2.24, 2.45) is 0 Å². The average Bonchev–Trinajstić information content (AvgIpc) is 2.27. The van der Waals surface area contributed by atoms with Crippen molar-refractivity contribution in [3.05, 3.63) is 52.9 Å². The van der Waals surface area contributed by atoms with E-state index in [2.05, 4.69) is 25.8 Å². The SMILES string of the molecule is CC(C)(C)c1cc(F)cc(-c2cc(Cl)ccn2)c1. The van der Waals surface area contributed by atoms with Crippen LogP contribution in [-0.2, 0) is 5.41 Å². The van der Waals surface area contributed by atoms with E-state index in [1.165, 1.54) is 6.07 Å². The van der Waals surface area contributed by atoms with Gasteiger partial charge < -0.3 is 0 Å². The molecule has 0 amide bonds. The van der Waals surface area contributed by atoms with Crippen LogP contribution in [0.2, 0.25) is 5.02 Å². The summed E-state index contributed by atoms with van der Waals surface area (Å²) in [5.74, 6) is -0.251. The summed E-state index contributed by atoms with van der Waals surface area (Å²) in [4.78, 5) is 4.22. The zero-order chi connectivity index (χ0) is 13.3. The van der Waals surface area contributed by atoms with E-state index in [1.54, 1.807) is 24.4 Å². The van der Waals surface area contributed by atoms with Gasteiger partial charge >= 0.3 is 0 Å². The van der Waals surface area contributed by atoms with Crippen LogP contribution in [-0.4, -0.2) is 4.98 Å². The number of nitrogens with zero attached hydrogens (tertiary/aromatic N) is 1. The summed E-state index contributed by atoms with van der Waals surface area (Å²) in [6, 6.07) is 8.45. The molecule has 0 fully saturated rings. The van der Waals surface area contributed by atoms with E-state index in [1.807, 2.05) is 6.07 Å². The van der Waals surface area contributed by atoms with Crippen molar-refractivity contribution in [2.45, 2.75) is 26.2 Å². The van der Waals surface area contributed by atoms with Crippen molar-refractivity contribution in [2.75, 3.05) is 0 Å². The first kappa shape index (κ1) is 13.0. The third kappa shape index (κ3) is 2.88. The van der Waals surface area contributed by atoms with Crippen molar-refractivity contribution >= 4 is 11.6 Å². The van der Waals surface area contributed by atoms with Crippen molar-refractivity contribution in [3.63, 3.8) is 0 Å². The van der Waals surface area contributed by atoms with E-state index in [0.717, 1.165) is 11.1 Å². The van der Waals surface area contributed by atoms with Crippen LogP contribution in [0, 0.1) is 5.82 Å². The van der Waals surface area contributed by atoms with Gasteiger partial charge in [0.15, 0.2) is 0 Å². The highest BCUT2D eigenvalue weighted by Gasteiger charge is 2.16. The normalized spacial score (nSPS) is 11.6. The first-order chi connectivity index (χ1) is 8.36. The zero-order valence-electron chi connectivity index (χ0n) is 10.7. The maximum absolute atomic E-state index is 13.7. The van der Waals surface area contributed by atoms with Gasteiger partial charge in [-0.3, -0.25) is 4.98 Å². The Labute approximate surface area is 112 Å². The number of aromatic nitrogens is 1. The van der Waals surface area contributed by atoms with Gasteiger partial charge in [0.05, 0.1) is 5.69 Å². The molecule has 2 rings (SSSR count). The summed E-state index contributed by atoms with van der Waals surface area (Å²) in [6.45, 7) is 6.16. The highest BCUT2D eigenvalue weighted by Crippen LogP contribution is 2.28. The molecule has 0 aliphatic carbocycles. The fourth-order valence-corrected chi connectivity index (χ4v) is 1.89. The molecular formula is C15H15ClFN. The molecule has 1 heterocycles. The molecule has 0 saturated carbocycles. The van der Waals surface area contributed by atoms with Gasteiger partial charge in [-0.15, -0.1) is 0 Å². The van der Waals surface area contributed by atoms with Crippen LogP contribution in [0.5, 0.6) is 0 Å². The third-order valence-electron chi connectivity index (χ3n) is 2.78. The topological polar surface area (TPSA) is 12.9 Å². The van der Waals surface area contributed by atoms with Crippen LogP contribution < -0.4 is 0 Å². The lowest BCUT2D eigenvalue weighted by molar-refractivity contribution is 0.572. The molecule has 0 saturated heterocycles. The Bertz CT molecular complexity index is 573. The molecule has 1 aromatic heterocycles. The fraction of sp³-hybridized carbons (Fsp3) is 0.267. The number of hydrogen-bond acceptors (Lipinski definition) is 1. The molecule has 1 nitrogen and oxygen atoms in total. The third-order valence-corrected chi connectivity index (χ3v) is 3.02. The predicted octanol–water partition coefficient (Wildman–Crippen LogP) is 4.84. The van der Waals surface area contributed by atoms with Gasteiger partial charge in [0.25, 0.3) is 0 Å². The second kappa shape index (κ2) is 4.69. The maximum atomic E-state index is 13.7. The molecule has 0 atom stereocenters. The monoisotopic (exact) mass is 263 g/mol. The van der Waals surface area contributed by atoms with Gasteiger partial charge in [0, 0.05) is 16.8 Å². The van der Waals surface area contributed by atoms with Crippen LogP contribution in [0.4, 0.5) is 4.39 Å². The first-order valence-corrected chi connectivity index (χ1v) is 6.17. The van der Waals surface area contributed by atoms with Gasteiger partial charge in [-0.25, -0.2) is 4.39 Å². The van der Waals surface area contributed by atoms with Gasteiger partial charge in [-0.2, -0.15) is 0 Å². The fourth-order valence-electron chi connectivity index (χ4n) is 1.73. The van der Waals surface area contributed by atoms with Crippen LogP contribution in [0.15, 0.2) is 36.5 Å². The number of pyridine rings is 1. The summed E-state index contributed by atoms with van der Waals surface area (Å²) in [6.07, 6.45) is 1.62. The molecule has 0 aliphatic heterocycles. The standard InChI is InChI=1S/C15H15ClFN/c1-15(2,3)11-6-10(7-13(17)8-11)14-9-12(16)4-5-18-14/h4-9H,1-3H3. The number of benzene rings is 1. The second-order valence-electron chi connectivity index (χ2n) is 5.34. The molecular weight excluding hydrogens is 249 g/mol. The van der Waals surface area contributed by atoms with E-state index in [-0.39, 0.29) is 11.2 Å². The molecule has 1 aromatic carbocycles. The molecule has 0 unspecified atom stereocenters. The average molecular weight is 264 g/mol. The van der Waals surface area contributed by atoms with Crippen LogP contribution in [0.1, 0.15) is 26.3 Å². The van der Waals surface area contributed by atoms with Crippen molar-refractivity contribution < 1.29 is 4.39 Å². The van der Waals surface area contributed by atoms with Crippen LogP contribution in [0.25, 0.3) is 11.3 Å². The quantitative estimate of drug-likeness (QED) is 0.717. The molecule has 0 aliphatic rings. The number of halogens is 2. The smallest absolute Gasteiger partial charge is 0.124 e. The first-order valence-electron chi connectivity index (χ1n) is 5.79. The Kier molecular flexibility index (Phi) is 3.40. The predicted molar refractivity (Wildman–Crippen MR) is 73.3 cm³/mol. The van der Waals surface area contributed by atoms with Gasteiger partial charge in [-0.05, 0) is 41.3 Å².